The number of rotatable bonds is 8. The van der Waals surface area contributed by atoms with Crippen molar-refractivity contribution in [3.8, 4) is 5.75 Å². The van der Waals surface area contributed by atoms with E-state index in [1.807, 2.05) is 24.3 Å². The minimum absolute atomic E-state index is 0. The highest BCUT2D eigenvalue weighted by Gasteiger charge is 2.15. The Kier molecular flexibility index (Phi) is 11.9. The second-order valence-electron chi connectivity index (χ2n) is 6.80. The molecule has 28 heavy (non-hydrogen) atoms. The zero-order valence-electron chi connectivity index (χ0n) is 17.1. The van der Waals surface area contributed by atoms with Crippen molar-refractivity contribution in [1.29, 1.82) is 0 Å². The molecule has 1 aliphatic rings. The van der Waals surface area contributed by atoms with E-state index < -0.39 is 0 Å². The van der Waals surface area contributed by atoms with Gasteiger partial charge in [0, 0.05) is 52.5 Å². The lowest BCUT2D eigenvalue weighted by Crippen LogP contribution is -2.41. The van der Waals surface area contributed by atoms with E-state index in [0.717, 1.165) is 62.3 Å². The highest BCUT2D eigenvalue weighted by Crippen LogP contribution is 2.18. The number of amides is 1. The van der Waals surface area contributed by atoms with Crippen molar-refractivity contribution in [2.75, 3.05) is 52.3 Å². The maximum absolute atomic E-state index is 11.1. The predicted molar refractivity (Wildman–Crippen MR) is 124 cm³/mol. The lowest BCUT2D eigenvalue weighted by atomic mass is 9.96. The Balaban J connectivity index is 0.00000392. The van der Waals surface area contributed by atoms with Crippen molar-refractivity contribution < 1.29 is 14.3 Å². The molecule has 158 valence electrons. The maximum atomic E-state index is 11.1. The number of hydrogen-bond acceptors (Lipinski definition) is 4. The summed E-state index contributed by atoms with van der Waals surface area (Å²) in [6, 6.07) is 7.38. The molecular weight excluding hydrogens is 471 g/mol. The fourth-order valence-electron chi connectivity index (χ4n) is 3.10. The van der Waals surface area contributed by atoms with Crippen LogP contribution in [0, 0.1) is 5.92 Å². The maximum Gasteiger partial charge on any atom is 0.221 e. The van der Waals surface area contributed by atoms with Crippen molar-refractivity contribution in [3.05, 3.63) is 24.3 Å². The van der Waals surface area contributed by atoms with Crippen molar-refractivity contribution in [2.24, 2.45) is 10.9 Å². The van der Waals surface area contributed by atoms with Crippen LogP contribution in [0.1, 0.15) is 26.2 Å². The number of nitrogens with zero attached hydrogens (tertiary/aromatic N) is 2. The molecule has 0 unspecified atom stereocenters. The molecule has 1 fully saturated rings. The molecule has 2 N–H and O–H groups in total. The van der Waals surface area contributed by atoms with Gasteiger partial charge in [0.1, 0.15) is 12.4 Å². The number of guanidine groups is 1. The first-order valence-corrected chi connectivity index (χ1v) is 9.58. The Labute approximate surface area is 185 Å². The van der Waals surface area contributed by atoms with Crippen molar-refractivity contribution in [2.45, 2.75) is 26.2 Å². The molecule has 0 atom stereocenters. The van der Waals surface area contributed by atoms with Crippen molar-refractivity contribution in [1.82, 2.24) is 10.2 Å². The van der Waals surface area contributed by atoms with Gasteiger partial charge < -0.3 is 25.0 Å². The van der Waals surface area contributed by atoms with Crippen LogP contribution in [0.25, 0.3) is 0 Å². The van der Waals surface area contributed by atoms with Crippen molar-refractivity contribution in [3.63, 3.8) is 0 Å². The van der Waals surface area contributed by atoms with E-state index in [4.69, 9.17) is 9.47 Å². The summed E-state index contributed by atoms with van der Waals surface area (Å²) >= 11 is 0. The van der Waals surface area contributed by atoms with E-state index >= 15 is 0 Å². The van der Waals surface area contributed by atoms with Gasteiger partial charge in [-0.3, -0.25) is 9.79 Å². The van der Waals surface area contributed by atoms with Gasteiger partial charge in [0.25, 0.3) is 0 Å². The molecule has 1 amide bonds. The second-order valence-corrected chi connectivity index (χ2v) is 6.80. The van der Waals surface area contributed by atoms with Gasteiger partial charge in [0.05, 0.1) is 6.54 Å². The van der Waals surface area contributed by atoms with Crippen LogP contribution in [-0.4, -0.2) is 63.8 Å². The normalized spacial score (nSPS) is 14.8. The Bertz CT molecular complexity index is 621. The van der Waals surface area contributed by atoms with Gasteiger partial charge in [-0.25, -0.2) is 0 Å². The molecule has 1 heterocycles. The number of benzene rings is 1. The van der Waals surface area contributed by atoms with Crippen LogP contribution in [0.2, 0.25) is 0 Å². The third-order valence-corrected chi connectivity index (χ3v) is 4.60. The molecular formula is C20H33IN4O3. The average Bonchev–Trinajstić information content (AvgIpc) is 2.67. The van der Waals surface area contributed by atoms with Gasteiger partial charge >= 0.3 is 0 Å². The third-order valence-electron chi connectivity index (χ3n) is 4.60. The molecule has 0 spiro atoms. The monoisotopic (exact) mass is 504 g/mol. The predicted octanol–water partition coefficient (Wildman–Crippen LogP) is 2.97. The minimum atomic E-state index is -0.0959. The number of hydrogen-bond donors (Lipinski definition) is 2. The average molecular weight is 504 g/mol. The number of ether oxygens (including phenoxy) is 2. The van der Waals surface area contributed by atoms with Crippen LogP contribution in [0.3, 0.4) is 0 Å². The summed E-state index contributed by atoms with van der Waals surface area (Å²) in [5.41, 5.74) is 0.733. The van der Waals surface area contributed by atoms with Gasteiger partial charge in [-0.05, 0) is 37.3 Å². The third kappa shape index (κ3) is 9.09. The SMILES string of the molecule is CN=C(NCCOc1cccc(NC(C)=O)c1)N(C)CCC1CCOCC1.I. The van der Waals surface area contributed by atoms with Crippen LogP contribution >= 0.6 is 24.0 Å². The molecule has 2 rings (SSSR count). The summed E-state index contributed by atoms with van der Waals surface area (Å²) in [6.07, 6.45) is 3.48. The molecule has 1 aromatic rings. The molecule has 0 aliphatic carbocycles. The van der Waals surface area contributed by atoms with E-state index in [9.17, 15) is 4.79 Å². The second kappa shape index (κ2) is 13.6. The summed E-state index contributed by atoms with van der Waals surface area (Å²) in [5.74, 6) is 2.25. The lowest BCUT2D eigenvalue weighted by Gasteiger charge is -2.26. The summed E-state index contributed by atoms with van der Waals surface area (Å²) in [5, 5.41) is 6.08. The largest absolute Gasteiger partial charge is 0.492 e. The smallest absolute Gasteiger partial charge is 0.221 e. The number of carbonyl (C=O) groups is 1. The quantitative estimate of drug-likeness (QED) is 0.247. The number of carbonyl (C=O) groups excluding carboxylic acids is 1. The van der Waals surface area contributed by atoms with Crippen LogP contribution < -0.4 is 15.4 Å². The Morgan fingerprint density at radius 2 is 2.11 bits per heavy atom. The standard InChI is InChI=1S/C20H32N4O3.HI/c1-16(25)23-18-5-4-6-19(15-18)27-14-10-22-20(21-2)24(3)11-7-17-8-12-26-13-9-17;/h4-6,15,17H,7-14H2,1-3H3,(H,21,22)(H,23,25);1H. The number of halogens is 1. The highest BCUT2D eigenvalue weighted by molar-refractivity contribution is 14.0. The molecule has 1 aromatic carbocycles. The molecule has 0 radical (unpaired) electrons. The van der Waals surface area contributed by atoms with Crippen molar-refractivity contribution >= 4 is 41.5 Å². The molecule has 0 bridgehead atoms. The van der Waals surface area contributed by atoms with Gasteiger partial charge in [-0.1, -0.05) is 6.07 Å². The Hall–Kier alpha value is -1.55. The lowest BCUT2D eigenvalue weighted by molar-refractivity contribution is -0.114. The van der Waals surface area contributed by atoms with E-state index in [1.165, 1.54) is 6.92 Å². The summed E-state index contributed by atoms with van der Waals surface area (Å²) in [7, 11) is 3.86. The fraction of sp³-hybridized carbons (Fsp3) is 0.600. The van der Waals surface area contributed by atoms with E-state index in [0.29, 0.717) is 13.2 Å². The molecule has 7 nitrogen and oxygen atoms in total. The first-order valence-electron chi connectivity index (χ1n) is 9.58. The van der Waals surface area contributed by atoms with Gasteiger partial charge in [0.2, 0.25) is 5.91 Å². The zero-order valence-corrected chi connectivity index (χ0v) is 19.4. The van der Waals surface area contributed by atoms with E-state index in [-0.39, 0.29) is 29.9 Å². The van der Waals surface area contributed by atoms with Crippen LogP contribution in [0.4, 0.5) is 5.69 Å². The molecule has 8 heteroatoms. The zero-order chi connectivity index (χ0) is 19.5. The Morgan fingerprint density at radius 3 is 2.79 bits per heavy atom. The van der Waals surface area contributed by atoms with Gasteiger partial charge in [-0.15, -0.1) is 24.0 Å². The fourth-order valence-corrected chi connectivity index (χ4v) is 3.10. The summed E-state index contributed by atoms with van der Waals surface area (Å²) < 4.78 is 11.2. The first-order chi connectivity index (χ1) is 13.1. The molecule has 1 aliphatic heterocycles. The minimum Gasteiger partial charge on any atom is -0.492 e. The molecule has 1 saturated heterocycles. The van der Waals surface area contributed by atoms with Crippen LogP contribution in [-0.2, 0) is 9.53 Å². The van der Waals surface area contributed by atoms with E-state index in [1.54, 1.807) is 7.05 Å². The number of anilines is 1. The molecule has 0 saturated carbocycles. The molecule has 0 aromatic heterocycles. The Morgan fingerprint density at radius 1 is 1.36 bits per heavy atom. The summed E-state index contributed by atoms with van der Waals surface area (Å²) in [6.45, 7) is 5.41. The van der Waals surface area contributed by atoms with Gasteiger partial charge in [0.15, 0.2) is 5.96 Å². The van der Waals surface area contributed by atoms with Crippen LogP contribution in [0.15, 0.2) is 29.3 Å². The first kappa shape index (κ1) is 24.5. The number of nitrogens with one attached hydrogen (secondary N) is 2. The summed E-state index contributed by atoms with van der Waals surface area (Å²) in [4.78, 5) is 17.6. The topological polar surface area (TPSA) is 75.2 Å². The van der Waals surface area contributed by atoms with Crippen LogP contribution in [0.5, 0.6) is 5.75 Å². The highest BCUT2D eigenvalue weighted by atomic mass is 127. The van der Waals surface area contributed by atoms with E-state index in [2.05, 4.69) is 27.6 Å². The number of aliphatic imine (C=N–C) groups is 1. The van der Waals surface area contributed by atoms with Gasteiger partial charge in [-0.2, -0.15) is 0 Å².